The van der Waals surface area contributed by atoms with E-state index in [4.69, 9.17) is 11.6 Å². The smallest absolute Gasteiger partial charge is 0.342 e. The van der Waals surface area contributed by atoms with Gasteiger partial charge in [-0.3, -0.25) is 9.59 Å². The maximum atomic E-state index is 13.2. The molecule has 2 heterocycles. The number of hydrogen-bond acceptors (Lipinski definition) is 2. The van der Waals surface area contributed by atoms with Crippen molar-refractivity contribution < 1.29 is 22.8 Å². The van der Waals surface area contributed by atoms with E-state index in [1.54, 1.807) is 23.1 Å². The molecular formula is C21H18ClF3N2O2. The number of fused-ring (bicyclic) bond motifs is 2. The first-order chi connectivity index (χ1) is 13.7. The molecule has 2 aliphatic rings. The molecule has 0 radical (unpaired) electrons. The Morgan fingerprint density at radius 1 is 1.10 bits per heavy atom. The molecule has 2 aliphatic heterocycles. The Labute approximate surface area is 170 Å². The van der Waals surface area contributed by atoms with Crippen molar-refractivity contribution in [3.63, 3.8) is 0 Å². The van der Waals surface area contributed by atoms with Crippen LogP contribution in [0.5, 0.6) is 0 Å². The van der Waals surface area contributed by atoms with Gasteiger partial charge in [0, 0.05) is 29.2 Å². The Kier molecular flexibility index (Phi) is 4.81. The van der Waals surface area contributed by atoms with Crippen molar-refractivity contribution in [1.29, 1.82) is 0 Å². The number of carbonyl (C=O) groups is 2. The molecule has 8 heteroatoms. The van der Waals surface area contributed by atoms with Gasteiger partial charge in [0.2, 0.25) is 5.91 Å². The molecule has 1 fully saturated rings. The summed E-state index contributed by atoms with van der Waals surface area (Å²) in [5.41, 5.74) is -0.165. The third-order valence-electron chi connectivity index (χ3n) is 5.72. The van der Waals surface area contributed by atoms with E-state index in [-0.39, 0.29) is 23.8 Å². The van der Waals surface area contributed by atoms with Crippen LogP contribution >= 0.6 is 11.6 Å². The molecule has 1 spiro atoms. The molecule has 0 atom stereocenters. The maximum absolute atomic E-state index is 13.2. The van der Waals surface area contributed by atoms with Crippen LogP contribution < -0.4 is 5.32 Å². The van der Waals surface area contributed by atoms with Crippen LogP contribution in [0.3, 0.4) is 0 Å². The molecule has 1 N–H and O–H groups in total. The molecule has 0 aromatic heterocycles. The zero-order valence-corrected chi connectivity index (χ0v) is 16.1. The highest BCUT2D eigenvalue weighted by atomic mass is 35.5. The minimum Gasteiger partial charge on any atom is -0.342 e. The third kappa shape index (κ3) is 3.48. The van der Waals surface area contributed by atoms with Crippen LogP contribution in [0, 0.1) is 0 Å². The second-order valence-corrected chi connectivity index (χ2v) is 7.82. The number of likely N-dealkylation sites (tertiary alicyclic amines) is 1. The third-order valence-corrected chi connectivity index (χ3v) is 6.04. The molecule has 0 aliphatic carbocycles. The van der Waals surface area contributed by atoms with Gasteiger partial charge < -0.3 is 10.2 Å². The molecule has 0 unspecified atom stereocenters. The van der Waals surface area contributed by atoms with Crippen molar-refractivity contribution in [2.45, 2.75) is 31.0 Å². The summed E-state index contributed by atoms with van der Waals surface area (Å²) in [5.74, 6) is -0.554. The van der Waals surface area contributed by atoms with E-state index in [0.717, 1.165) is 11.6 Å². The van der Waals surface area contributed by atoms with Gasteiger partial charge in [0.25, 0.3) is 5.91 Å². The number of hydrogen-bond donors (Lipinski definition) is 1. The fraction of sp³-hybridized carbons (Fsp3) is 0.333. The number of piperidine rings is 1. The first-order valence-corrected chi connectivity index (χ1v) is 9.63. The molecule has 0 bridgehead atoms. The molecule has 1 saturated heterocycles. The monoisotopic (exact) mass is 422 g/mol. The normalized spacial score (nSPS) is 17.9. The van der Waals surface area contributed by atoms with Gasteiger partial charge in [0.15, 0.2) is 0 Å². The standard InChI is InChI=1S/C21H18ClF3N2O2/c22-16-7-3-5-14-18(16)20(26-19(14)29)8-10-27(11-9-20)17(28)12-13-4-1-2-6-15(13)21(23,24)25/h1-7H,8-12H2,(H,26,29). The Bertz CT molecular complexity index is 982. The van der Waals surface area contributed by atoms with Crippen molar-refractivity contribution in [2.24, 2.45) is 0 Å². The van der Waals surface area contributed by atoms with E-state index >= 15 is 0 Å². The first-order valence-electron chi connectivity index (χ1n) is 9.26. The molecule has 29 heavy (non-hydrogen) atoms. The van der Waals surface area contributed by atoms with Gasteiger partial charge in [0.1, 0.15) is 0 Å². The summed E-state index contributed by atoms with van der Waals surface area (Å²) < 4.78 is 39.5. The fourth-order valence-electron chi connectivity index (χ4n) is 4.29. The molecular weight excluding hydrogens is 405 g/mol. The van der Waals surface area contributed by atoms with E-state index in [0.29, 0.717) is 36.5 Å². The number of carbonyl (C=O) groups excluding carboxylic acids is 2. The van der Waals surface area contributed by atoms with Gasteiger partial charge in [-0.1, -0.05) is 35.9 Å². The van der Waals surface area contributed by atoms with Crippen LogP contribution in [0.4, 0.5) is 13.2 Å². The van der Waals surface area contributed by atoms with Crippen LogP contribution in [-0.2, 0) is 22.9 Å². The molecule has 2 aromatic carbocycles. The minimum atomic E-state index is -4.50. The maximum Gasteiger partial charge on any atom is 0.416 e. The highest BCUT2D eigenvalue weighted by Crippen LogP contribution is 2.43. The zero-order chi connectivity index (χ0) is 20.8. The Morgan fingerprint density at radius 2 is 1.79 bits per heavy atom. The van der Waals surface area contributed by atoms with E-state index in [2.05, 4.69) is 5.32 Å². The Balaban J connectivity index is 1.50. The van der Waals surface area contributed by atoms with Crippen molar-refractivity contribution in [3.8, 4) is 0 Å². The van der Waals surface area contributed by atoms with Crippen molar-refractivity contribution >= 4 is 23.4 Å². The number of nitrogens with one attached hydrogen (secondary N) is 1. The van der Waals surface area contributed by atoms with Crippen LogP contribution in [0.15, 0.2) is 42.5 Å². The number of rotatable bonds is 2. The van der Waals surface area contributed by atoms with E-state index < -0.39 is 17.3 Å². The highest BCUT2D eigenvalue weighted by molar-refractivity contribution is 6.32. The minimum absolute atomic E-state index is 0.0344. The van der Waals surface area contributed by atoms with Crippen molar-refractivity contribution in [1.82, 2.24) is 10.2 Å². The second-order valence-electron chi connectivity index (χ2n) is 7.41. The quantitative estimate of drug-likeness (QED) is 0.790. The van der Waals surface area contributed by atoms with Crippen LogP contribution in [0.2, 0.25) is 5.02 Å². The molecule has 4 nitrogen and oxygen atoms in total. The van der Waals surface area contributed by atoms with E-state index in [1.807, 2.05) is 0 Å². The fourth-order valence-corrected chi connectivity index (χ4v) is 4.64. The lowest BCUT2D eigenvalue weighted by molar-refractivity contribution is -0.138. The summed E-state index contributed by atoms with van der Waals surface area (Å²) in [7, 11) is 0. The number of halogens is 4. The second kappa shape index (κ2) is 7.06. The van der Waals surface area contributed by atoms with Gasteiger partial charge in [-0.2, -0.15) is 13.2 Å². The average Bonchev–Trinajstić information content (AvgIpc) is 2.94. The lowest BCUT2D eigenvalue weighted by Crippen LogP contribution is -2.51. The number of alkyl halides is 3. The largest absolute Gasteiger partial charge is 0.416 e. The topological polar surface area (TPSA) is 49.4 Å². The summed E-state index contributed by atoms with van der Waals surface area (Å²) >= 11 is 6.34. The lowest BCUT2D eigenvalue weighted by Gasteiger charge is -2.40. The summed E-state index contributed by atoms with van der Waals surface area (Å²) in [6.45, 7) is 0.663. The first kappa shape index (κ1) is 19.8. The number of benzene rings is 2. The molecule has 2 aromatic rings. The van der Waals surface area contributed by atoms with Crippen LogP contribution in [-0.4, -0.2) is 29.8 Å². The molecule has 152 valence electrons. The summed E-state index contributed by atoms with van der Waals surface area (Å²) in [5, 5.41) is 3.50. The predicted molar refractivity (Wildman–Crippen MR) is 102 cm³/mol. The van der Waals surface area contributed by atoms with Crippen molar-refractivity contribution in [2.75, 3.05) is 13.1 Å². The highest BCUT2D eigenvalue weighted by Gasteiger charge is 2.46. The van der Waals surface area contributed by atoms with Crippen LogP contribution in [0.1, 0.15) is 39.9 Å². The van der Waals surface area contributed by atoms with Gasteiger partial charge in [-0.15, -0.1) is 0 Å². The SMILES string of the molecule is O=C1NC2(CCN(C(=O)Cc3ccccc3C(F)(F)F)CC2)c2c(Cl)cccc21. The molecule has 2 amide bonds. The van der Waals surface area contributed by atoms with Crippen molar-refractivity contribution in [3.05, 3.63) is 69.7 Å². The lowest BCUT2D eigenvalue weighted by atomic mass is 9.81. The zero-order valence-electron chi connectivity index (χ0n) is 15.4. The molecule has 0 saturated carbocycles. The molecule has 4 rings (SSSR count). The van der Waals surface area contributed by atoms with E-state index in [9.17, 15) is 22.8 Å². The van der Waals surface area contributed by atoms with Gasteiger partial charge >= 0.3 is 6.18 Å². The van der Waals surface area contributed by atoms with E-state index in [1.165, 1.54) is 18.2 Å². The van der Waals surface area contributed by atoms with Crippen LogP contribution in [0.25, 0.3) is 0 Å². The summed E-state index contributed by atoms with van der Waals surface area (Å²) in [6, 6.07) is 10.3. The number of nitrogens with zero attached hydrogens (tertiary/aromatic N) is 1. The van der Waals surface area contributed by atoms with Gasteiger partial charge in [-0.25, -0.2) is 0 Å². The predicted octanol–water partition coefficient (Wildman–Crippen LogP) is 4.16. The Morgan fingerprint density at radius 3 is 2.48 bits per heavy atom. The Hall–Kier alpha value is -2.54. The number of amides is 2. The average molecular weight is 423 g/mol. The summed E-state index contributed by atoms with van der Waals surface area (Å²) in [4.78, 5) is 26.5. The van der Waals surface area contributed by atoms with Gasteiger partial charge in [-0.05, 0) is 36.6 Å². The van der Waals surface area contributed by atoms with Gasteiger partial charge in [0.05, 0.1) is 17.5 Å². The summed E-state index contributed by atoms with van der Waals surface area (Å²) in [6.07, 6.45) is -3.89.